The summed E-state index contributed by atoms with van der Waals surface area (Å²) in [6.07, 6.45) is 2.51. The zero-order chi connectivity index (χ0) is 12.4. The second-order valence-corrected chi connectivity index (χ2v) is 5.11. The third-order valence-corrected chi connectivity index (χ3v) is 4.08. The number of fused-ring (bicyclic) bond motifs is 1. The van der Waals surface area contributed by atoms with Crippen molar-refractivity contribution in [2.45, 2.75) is 37.9 Å². The van der Waals surface area contributed by atoms with Crippen LogP contribution in [0.3, 0.4) is 0 Å². The number of methoxy groups -OCH3 is 1. The van der Waals surface area contributed by atoms with Gasteiger partial charge in [0.25, 0.3) is 0 Å². The van der Waals surface area contributed by atoms with E-state index in [4.69, 9.17) is 10.5 Å². The molecule has 2 rings (SSSR count). The molecule has 2 aliphatic rings. The van der Waals surface area contributed by atoms with Crippen LogP contribution in [0.25, 0.3) is 0 Å². The molecule has 2 N–H and O–H groups in total. The third-order valence-electron chi connectivity index (χ3n) is 4.08. The lowest BCUT2D eigenvalue weighted by Crippen LogP contribution is -2.61. The minimum Gasteiger partial charge on any atom is -0.468 e. The number of piperazine rings is 1. The highest BCUT2D eigenvalue weighted by Gasteiger charge is 2.39. The molecule has 3 unspecified atom stereocenters. The monoisotopic (exact) mass is 241 g/mol. The van der Waals surface area contributed by atoms with Gasteiger partial charge in [-0.2, -0.15) is 0 Å². The summed E-state index contributed by atoms with van der Waals surface area (Å²) in [7, 11) is 1.43. The maximum absolute atomic E-state index is 11.7. The SMILES string of the molecule is COC(=O)C(CN)N1CC2CCCN2CC1C. The molecule has 0 radical (unpaired) electrons. The van der Waals surface area contributed by atoms with Crippen LogP contribution < -0.4 is 5.73 Å². The van der Waals surface area contributed by atoms with E-state index in [1.165, 1.54) is 26.5 Å². The lowest BCUT2D eigenvalue weighted by Gasteiger charge is -2.44. The Bertz CT molecular complexity index is 285. The summed E-state index contributed by atoms with van der Waals surface area (Å²) in [5.74, 6) is -0.203. The molecule has 0 aromatic heterocycles. The van der Waals surface area contributed by atoms with Gasteiger partial charge in [-0.25, -0.2) is 0 Å². The van der Waals surface area contributed by atoms with Crippen molar-refractivity contribution in [1.82, 2.24) is 9.80 Å². The molecule has 0 aliphatic carbocycles. The first-order chi connectivity index (χ1) is 8.17. The van der Waals surface area contributed by atoms with E-state index in [0.717, 1.165) is 13.1 Å². The molecule has 2 saturated heterocycles. The van der Waals surface area contributed by atoms with Crippen LogP contribution in [-0.4, -0.2) is 67.2 Å². The van der Waals surface area contributed by atoms with Gasteiger partial charge >= 0.3 is 5.97 Å². The Kier molecular flexibility index (Phi) is 4.01. The molecule has 3 atom stereocenters. The predicted molar refractivity (Wildman–Crippen MR) is 65.6 cm³/mol. The molecule has 0 amide bonds. The number of esters is 1. The number of hydrogen-bond donors (Lipinski definition) is 1. The number of carbonyl (C=O) groups is 1. The molecule has 2 fully saturated rings. The Morgan fingerprint density at radius 1 is 1.53 bits per heavy atom. The van der Waals surface area contributed by atoms with Crippen molar-refractivity contribution in [2.24, 2.45) is 5.73 Å². The largest absolute Gasteiger partial charge is 0.468 e. The van der Waals surface area contributed by atoms with Gasteiger partial charge in [0, 0.05) is 31.7 Å². The molecule has 17 heavy (non-hydrogen) atoms. The Labute approximate surface area is 103 Å². The van der Waals surface area contributed by atoms with Gasteiger partial charge in [-0.05, 0) is 26.3 Å². The predicted octanol–water partition coefficient (Wildman–Crippen LogP) is -0.345. The molecular formula is C12H23N3O2. The molecule has 2 heterocycles. The van der Waals surface area contributed by atoms with E-state index in [1.54, 1.807) is 0 Å². The summed E-state index contributed by atoms with van der Waals surface area (Å²) in [5, 5.41) is 0. The van der Waals surface area contributed by atoms with Crippen molar-refractivity contribution < 1.29 is 9.53 Å². The smallest absolute Gasteiger partial charge is 0.324 e. The molecule has 2 aliphatic heterocycles. The summed E-state index contributed by atoms with van der Waals surface area (Å²) in [6.45, 7) is 5.69. The van der Waals surface area contributed by atoms with Crippen LogP contribution in [0.5, 0.6) is 0 Å². The molecule has 0 aromatic rings. The van der Waals surface area contributed by atoms with E-state index in [0.29, 0.717) is 18.6 Å². The van der Waals surface area contributed by atoms with Crippen molar-refractivity contribution in [2.75, 3.05) is 33.3 Å². The lowest BCUT2D eigenvalue weighted by atomic mass is 10.0. The van der Waals surface area contributed by atoms with Crippen LogP contribution in [0.4, 0.5) is 0 Å². The summed E-state index contributed by atoms with van der Waals surface area (Å²) >= 11 is 0. The maximum atomic E-state index is 11.7. The van der Waals surface area contributed by atoms with E-state index in [9.17, 15) is 4.79 Å². The Morgan fingerprint density at radius 3 is 2.94 bits per heavy atom. The van der Waals surface area contributed by atoms with Crippen molar-refractivity contribution in [3.63, 3.8) is 0 Å². The van der Waals surface area contributed by atoms with Crippen molar-refractivity contribution in [1.29, 1.82) is 0 Å². The Balaban J connectivity index is 2.06. The quantitative estimate of drug-likeness (QED) is 0.685. The molecule has 0 spiro atoms. The molecule has 0 saturated carbocycles. The third kappa shape index (κ3) is 2.46. The fraction of sp³-hybridized carbons (Fsp3) is 0.917. The number of nitrogens with zero attached hydrogens (tertiary/aromatic N) is 2. The fourth-order valence-corrected chi connectivity index (χ4v) is 3.15. The minimum atomic E-state index is -0.280. The second kappa shape index (κ2) is 5.33. The second-order valence-electron chi connectivity index (χ2n) is 5.11. The zero-order valence-electron chi connectivity index (χ0n) is 10.8. The van der Waals surface area contributed by atoms with Crippen LogP contribution in [0.2, 0.25) is 0 Å². The summed E-state index contributed by atoms with van der Waals surface area (Å²) in [5.41, 5.74) is 5.72. The highest BCUT2D eigenvalue weighted by molar-refractivity contribution is 5.76. The first-order valence-corrected chi connectivity index (χ1v) is 6.45. The van der Waals surface area contributed by atoms with Crippen LogP contribution in [-0.2, 0) is 9.53 Å². The fourth-order valence-electron chi connectivity index (χ4n) is 3.15. The average molecular weight is 241 g/mol. The lowest BCUT2D eigenvalue weighted by molar-refractivity contribution is -0.149. The van der Waals surface area contributed by atoms with Gasteiger partial charge in [-0.3, -0.25) is 14.6 Å². The Hall–Kier alpha value is -0.650. The van der Waals surface area contributed by atoms with Gasteiger partial charge in [0.15, 0.2) is 0 Å². The number of hydrogen-bond acceptors (Lipinski definition) is 5. The number of ether oxygens (including phenoxy) is 1. The average Bonchev–Trinajstić information content (AvgIpc) is 2.76. The number of nitrogens with two attached hydrogens (primary N) is 1. The van der Waals surface area contributed by atoms with E-state index in [1.807, 2.05) is 0 Å². The molecular weight excluding hydrogens is 218 g/mol. The summed E-state index contributed by atoms with van der Waals surface area (Å²) < 4.78 is 4.84. The molecule has 5 nitrogen and oxygen atoms in total. The van der Waals surface area contributed by atoms with Crippen molar-refractivity contribution in [3.05, 3.63) is 0 Å². The normalized spacial score (nSPS) is 32.2. The van der Waals surface area contributed by atoms with Gasteiger partial charge in [0.1, 0.15) is 6.04 Å². The number of carbonyl (C=O) groups excluding carboxylic acids is 1. The summed E-state index contributed by atoms with van der Waals surface area (Å²) in [4.78, 5) is 16.5. The minimum absolute atomic E-state index is 0.203. The first kappa shape index (κ1) is 12.8. The van der Waals surface area contributed by atoms with E-state index in [-0.39, 0.29) is 12.0 Å². The van der Waals surface area contributed by atoms with Gasteiger partial charge in [0.2, 0.25) is 0 Å². The van der Waals surface area contributed by atoms with E-state index < -0.39 is 0 Å². The van der Waals surface area contributed by atoms with Crippen LogP contribution in [0.15, 0.2) is 0 Å². The van der Waals surface area contributed by atoms with Gasteiger partial charge in [0.05, 0.1) is 7.11 Å². The topological polar surface area (TPSA) is 58.8 Å². The molecule has 0 aromatic carbocycles. The van der Waals surface area contributed by atoms with Crippen LogP contribution in [0, 0.1) is 0 Å². The molecule has 98 valence electrons. The molecule has 0 bridgehead atoms. The summed E-state index contributed by atoms with van der Waals surface area (Å²) in [6, 6.07) is 0.694. The molecule has 5 heteroatoms. The van der Waals surface area contributed by atoms with Gasteiger partial charge < -0.3 is 10.5 Å². The Morgan fingerprint density at radius 2 is 2.29 bits per heavy atom. The highest BCUT2D eigenvalue weighted by atomic mass is 16.5. The maximum Gasteiger partial charge on any atom is 0.324 e. The first-order valence-electron chi connectivity index (χ1n) is 6.45. The van der Waals surface area contributed by atoms with Crippen LogP contribution in [0.1, 0.15) is 19.8 Å². The number of rotatable bonds is 3. The van der Waals surface area contributed by atoms with Crippen molar-refractivity contribution >= 4 is 5.97 Å². The zero-order valence-corrected chi connectivity index (χ0v) is 10.8. The van der Waals surface area contributed by atoms with Gasteiger partial charge in [-0.1, -0.05) is 0 Å². The van der Waals surface area contributed by atoms with Gasteiger partial charge in [-0.15, -0.1) is 0 Å². The van der Waals surface area contributed by atoms with Crippen LogP contribution >= 0.6 is 0 Å². The highest BCUT2D eigenvalue weighted by Crippen LogP contribution is 2.25. The van der Waals surface area contributed by atoms with E-state index in [2.05, 4.69) is 16.7 Å². The van der Waals surface area contributed by atoms with Crippen molar-refractivity contribution in [3.8, 4) is 0 Å². The van der Waals surface area contributed by atoms with E-state index >= 15 is 0 Å². The standard InChI is InChI=1S/C12H23N3O2/c1-9-7-14-5-3-4-10(14)8-15(9)11(6-13)12(16)17-2/h9-11H,3-8,13H2,1-2H3.